The van der Waals surface area contributed by atoms with Gasteiger partial charge in [0, 0.05) is 32.0 Å². The van der Waals surface area contributed by atoms with Crippen molar-refractivity contribution >= 4 is 11.7 Å². The Morgan fingerprint density at radius 2 is 2.26 bits per heavy atom. The number of oxime groups is 1. The number of methoxy groups -OCH3 is 1. The molecule has 3 N–H and O–H groups in total. The summed E-state index contributed by atoms with van der Waals surface area (Å²) in [6.07, 6.45) is 1.60. The van der Waals surface area contributed by atoms with Gasteiger partial charge in [0.15, 0.2) is 5.84 Å². The summed E-state index contributed by atoms with van der Waals surface area (Å²) >= 11 is 0. The first kappa shape index (κ1) is 15.2. The molecule has 0 aliphatic rings. The van der Waals surface area contributed by atoms with Gasteiger partial charge in [-0.15, -0.1) is 0 Å². The topological polar surface area (TPSA) is 84.0 Å². The number of hydrogen-bond donors (Lipinski definition) is 2. The summed E-state index contributed by atoms with van der Waals surface area (Å²) in [5, 5.41) is 11.6. The van der Waals surface area contributed by atoms with E-state index in [-0.39, 0.29) is 5.84 Å². The van der Waals surface area contributed by atoms with Gasteiger partial charge in [0.2, 0.25) is 0 Å². The molecule has 106 valence electrons. The molecule has 1 aromatic rings. The van der Waals surface area contributed by atoms with Gasteiger partial charge >= 0.3 is 0 Å². The molecule has 19 heavy (non-hydrogen) atoms. The fraction of sp³-hybridized carbons (Fsp3) is 0.538. The minimum absolute atomic E-state index is 0.0614. The molecule has 0 aliphatic heterocycles. The predicted molar refractivity (Wildman–Crippen MR) is 75.7 cm³/mol. The third-order valence-corrected chi connectivity index (χ3v) is 2.63. The Kier molecular flexibility index (Phi) is 6.08. The summed E-state index contributed by atoms with van der Waals surface area (Å²) in [6.45, 7) is 6.65. The van der Waals surface area contributed by atoms with E-state index < -0.39 is 0 Å². The molecule has 0 aromatic carbocycles. The van der Waals surface area contributed by atoms with Crippen molar-refractivity contribution in [3.63, 3.8) is 0 Å². The van der Waals surface area contributed by atoms with Crippen molar-refractivity contribution in [1.29, 1.82) is 0 Å². The van der Waals surface area contributed by atoms with Gasteiger partial charge in [-0.2, -0.15) is 0 Å². The van der Waals surface area contributed by atoms with Crippen LogP contribution in [0.5, 0.6) is 0 Å². The molecule has 0 amide bonds. The van der Waals surface area contributed by atoms with E-state index in [2.05, 4.69) is 28.9 Å². The lowest BCUT2D eigenvalue weighted by Crippen LogP contribution is -2.31. The number of nitrogens with two attached hydrogens (primary N) is 1. The van der Waals surface area contributed by atoms with Gasteiger partial charge in [-0.25, -0.2) is 4.98 Å². The molecule has 6 heteroatoms. The van der Waals surface area contributed by atoms with Crippen LogP contribution in [-0.2, 0) is 4.74 Å². The number of hydrogen-bond acceptors (Lipinski definition) is 5. The molecule has 0 radical (unpaired) electrons. The number of ether oxygens (including phenoxy) is 1. The molecule has 1 heterocycles. The molecule has 0 fully saturated rings. The summed E-state index contributed by atoms with van der Waals surface area (Å²) in [6, 6.07) is 3.66. The van der Waals surface area contributed by atoms with Crippen molar-refractivity contribution in [2.24, 2.45) is 16.8 Å². The lowest BCUT2D eigenvalue weighted by atomic mass is 10.2. The molecule has 6 nitrogen and oxygen atoms in total. The highest BCUT2D eigenvalue weighted by Crippen LogP contribution is 2.13. The van der Waals surface area contributed by atoms with E-state index in [4.69, 9.17) is 15.7 Å². The molecule has 1 rings (SSSR count). The summed E-state index contributed by atoms with van der Waals surface area (Å²) in [4.78, 5) is 6.51. The number of anilines is 1. The van der Waals surface area contributed by atoms with E-state index in [0.717, 1.165) is 18.9 Å². The third kappa shape index (κ3) is 4.75. The zero-order valence-electron chi connectivity index (χ0n) is 11.7. The normalized spacial score (nSPS) is 11.9. The van der Waals surface area contributed by atoms with Crippen molar-refractivity contribution in [2.45, 2.75) is 13.8 Å². The molecule has 1 aromatic heterocycles. The largest absolute Gasteiger partial charge is 0.409 e. The van der Waals surface area contributed by atoms with Gasteiger partial charge in [0.25, 0.3) is 0 Å². The highest BCUT2D eigenvalue weighted by molar-refractivity contribution is 5.96. The van der Waals surface area contributed by atoms with Crippen LogP contribution in [0.1, 0.15) is 19.4 Å². The maximum absolute atomic E-state index is 8.61. The smallest absolute Gasteiger partial charge is 0.171 e. The minimum Gasteiger partial charge on any atom is -0.409 e. The Bertz CT molecular complexity index is 404. The van der Waals surface area contributed by atoms with Crippen LogP contribution >= 0.6 is 0 Å². The highest BCUT2D eigenvalue weighted by Gasteiger charge is 2.10. The molecular formula is C13H22N4O2. The van der Waals surface area contributed by atoms with E-state index in [1.807, 2.05) is 6.07 Å². The third-order valence-electron chi connectivity index (χ3n) is 2.63. The van der Waals surface area contributed by atoms with Crippen LogP contribution in [0.15, 0.2) is 23.5 Å². The number of amidine groups is 1. The summed E-state index contributed by atoms with van der Waals surface area (Å²) < 4.78 is 5.11. The summed E-state index contributed by atoms with van der Waals surface area (Å²) in [5.41, 5.74) is 6.11. The number of aromatic nitrogens is 1. The standard InChI is InChI=1S/C13H22N4O2/c1-10(2)9-17(6-7-19-3)12-5-4-11(8-15-12)13(14)16-18/h4-5,8,10,18H,6-7,9H2,1-3H3,(H2,14,16). The first-order chi connectivity index (χ1) is 9.08. The van der Waals surface area contributed by atoms with Crippen molar-refractivity contribution in [2.75, 3.05) is 31.7 Å². The molecule has 0 saturated heterocycles. The summed E-state index contributed by atoms with van der Waals surface area (Å²) in [5.74, 6) is 1.45. The second kappa shape index (κ2) is 7.58. The Morgan fingerprint density at radius 3 is 2.74 bits per heavy atom. The van der Waals surface area contributed by atoms with Gasteiger partial charge in [-0.05, 0) is 18.1 Å². The van der Waals surface area contributed by atoms with E-state index in [9.17, 15) is 0 Å². The van der Waals surface area contributed by atoms with Crippen molar-refractivity contribution < 1.29 is 9.94 Å². The van der Waals surface area contributed by atoms with Crippen LogP contribution in [0.2, 0.25) is 0 Å². The molecular weight excluding hydrogens is 244 g/mol. The fourth-order valence-corrected chi connectivity index (χ4v) is 1.72. The quantitative estimate of drug-likeness (QED) is 0.336. The zero-order chi connectivity index (χ0) is 14.3. The van der Waals surface area contributed by atoms with Crippen LogP contribution in [-0.4, -0.2) is 42.8 Å². The molecule has 0 saturated carbocycles. The van der Waals surface area contributed by atoms with Gasteiger partial charge in [0.1, 0.15) is 5.82 Å². The van der Waals surface area contributed by atoms with Crippen molar-refractivity contribution in [3.8, 4) is 0 Å². The predicted octanol–water partition coefficient (Wildman–Crippen LogP) is 1.28. The second-order valence-electron chi connectivity index (χ2n) is 4.72. The Hall–Kier alpha value is -1.82. The molecule has 0 atom stereocenters. The SMILES string of the molecule is COCCN(CC(C)C)c1ccc(C(N)=NO)cn1. The van der Waals surface area contributed by atoms with Gasteiger partial charge in [-0.1, -0.05) is 19.0 Å². The van der Waals surface area contributed by atoms with Crippen LogP contribution in [0, 0.1) is 5.92 Å². The first-order valence-corrected chi connectivity index (χ1v) is 6.26. The Morgan fingerprint density at radius 1 is 1.53 bits per heavy atom. The van der Waals surface area contributed by atoms with E-state index in [1.54, 1.807) is 19.4 Å². The lowest BCUT2D eigenvalue weighted by molar-refractivity contribution is 0.204. The highest BCUT2D eigenvalue weighted by atomic mass is 16.5. The average molecular weight is 266 g/mol. The minimum atomic E-state index is 0.0614. The van der Waals surface area contributed by atoms with E-state index >= 15 is 0 Å². The summed E-state index contributed by atoms with van der Waals surface area (Å²) in [7, 11) is 1.68. The second-order valence-corrected chi connectivity index (χ2v) is 4.72. The zero-order valence-corrected chi connectivity index (χ0v) is 11.7. The average Bonchev–Trinajstić information content (AvgIpc) is 2.42. The van der Waals surface area contributed by atoms with Gasteiger partial charge in [0.05, 0.1) is 6.61 Å². The first-order valence-electron chi connectivity index (χ1n) is 6.26. The van der Waals surface area contributed by atoms with E-state index in [1.165, 1.54) is 0 Å². The van der Waals surface area contributed by atoms with E-state index in [0.29, 0.717) is 18.1 Å². The maximum Gasteiger partial charge on any atom is 0.171 e. The van der Waals surface area contributed by atoms with Crippen molar-refractivity contribution in [3.05, 3.63) is 23.9 Å². The van der Waals surface area contributed by atoms with Gasteiger partial charge in [-0.3, -0.25) is 0 Å². The molecule has 0 spiro atoms. The lowest BCUT2D eigenvalue weighted by Gasteiger charge is -2.25. The number of rotatable bonds is 7. The van der Waals surface area contributed by atoms with Crippen LogP contribution < -0.4 is 10.6 Å². The Labute approximate surface area is 113 Å². The monoisotopic (exact) mass is 266 g/mol. The number of nitrogens with zero attached hydrogens (tertiary/aromatic N) is 3. The fourth-order valence-electron chi connectivity index (χ4n) is 1.72. The van der Waals surface area contributed by atoms with Crippen LogP contribution in [0.3, 0.4) is 0 Å². The van der Waals surface area contributed by atoms with Crippen molar-refractivity contribution in [1.82, 2.24) is 4.98 Å². The van der Waals surface area contributed by atoms with Crippen LogP contribution in [0.25, 0.3) is 0 Å². The Balaban J connectivity index is 2.83. The molecule has 0 unspecified atom stereocenters. The van der Waals surface area contributed by atoms with Crippen LogP contribution in [0.4, 0.5) is 5.82 Å². The maximum atomic E-state index is 8.61. The van der Waals surface area contributed by atoms with Gasteiger partial charge < -0.3 is 20.6 Å². The molecule has 0 bridgehead atoms. The molecule has 0 aliphatic carbocycles. The number of pyridine rings is 1.